The highest BCUT2D eigenvalue weighted by molar-refractivity contribution is 7.88. The second-order valence-electron chi connectivity index (χ2n) is 6.70. The minimum absolute atomic E-state index is 0.0580. The first-order chi connectivity index (χ1) is 12.4. The molecular weight excluding hydrogens is 354 g/mol. The van der Waals surface area contributed by atoms with Crippen molar-refractivity contribution in [2.45, 2.75) is 12.8 Å². The van der Waals surface area contributed by atoms with Crippen LogP contribution < -0.4 is 10.6 Å². The van der Waals surface area contributed by atoms with Gasteiger partial charge in [-0.05, 0) is 30.7 Å². The van der Waals surface area contributed by atoms with Gasteiger partial charge in [-0.2, -0.15) is 14.5 Å². The van der Waals surface area contributed by atoms with Crippen LogP contribution in [-0.2, 0) is 14.8 Å². The van der Waals surface area contributed by atoms with Gasteiger partial charge in [0.2, 0.25) is 10.0 Å². The fourth-order valence-electron chi connectivity index (χ4n) is 3.02. The predicted molar refractivity (Wildman–Crippen MR) is 99.4 cm³/mol. The summed E-state index contributed by atoms with van der Waals surface area (Å²) in [7, 11) is -3.19. The number of nitrogens with zero attached hydrogens (tertiary/aromatic N) is 3. The van der Waals surface area contributed by atoms with Gasteiger partial charge in [-0.15, -0.1) is 0 Å². The number of nitrogens with one attached hydrogen (secondary N) is 2. The van der Waals surface area contributed by atoms with E-state index in [1.54, 1.807) is 6.08 Å². The smallest absolute Gasteiger partial charge is 0.387 e. The first-order valence-electron chi connectivity index (χ1n) is 8.65. The maximum absolute atomic E-state index is 12.0. The summed E-state index contributed by atoms with van der Waals surface area (Å²) in [6.45, 7) is 8.10. The first kappa shape index (κ1) is 18.5. The van der Waals surface area contributed by atoms with Gasteiger partial charge in [-0.3, -0.25) is 0 Å². The maximum Gasteiger partial charge on any atom is 0.387 e. The van der Waals surface area contributed by atoms with Crippen LogP contribution in [0.15, 0.2) is 35.4 Å². The Balaban J connectivity index is 1.79. The average Bonchev–Trinajstić information content (AvgIpc) is 3.33. The van der Waals surface area contributed by atoms with Crippen molar-refractivity contribution in [3.8, 4) is 6.57 Å². The predicted octanol–water partition coefficient (Wildman–Crippen LogP) is 0.265. The Labute approximate surface area is 154 Å². The molecule has 0 aromatic rings. The van der Waals surface area contributed by atoms with E-state index in [0.29, 0.717) is 38.5 Å². The Bertz CT molecular complexity index is 810. The molecule has 3 aliphatic rings. The number of carbonyl (C=O) groups is 1. The van der Waals surface area contributed by atoms with Crippen molar-refractivity contribution >= 4 is 15.9 Å². The third kappa shape index (κ3) is 4.45. The van der Waals surface area contributed by atoms with Gasteiger partial charge in [0.25, 0.3) is 0 Å². The molecule has 0 bridgehead atoms. The number of amides is 1. The van der Waals surface area contributed by atoms with Crippen LogP contribution in [0.1, 0.15) is 12.8 Å². The molecule has 0 radical (unpaired) electrons. The summed E-state index contributed by atoms with van der Waals surface area (Å²) < 4.78 is 24.9. The molecule has 2 heterocycles. The standard InChI is InChI=1S/C17H23N5O3S/c1-18-16(20-17(23)13-3-4-13)11-15(14-5-6-19-12-14)21-7-9-22(10-8-21)26(2,24)25/h1,5-6,11,13,19H,3-4,7-10,12H2,2H3/p+1/b15-14+,16-11+. The largest absolute Gasteiger partial charge is 0.387 e. The zero-order chi connectivity index (χ0) is 18.7. The minimum atomic E-state index is -3.19. The lowest BCUT2D eigenvalue weighted by atomic mass is 10.1. The quantitative estimate of drug-likeness (QED) is 0.717. The zero-order valence-corrected chi connectivity index (χ0v) is 15.6. The van der Waals surface area contributed by atoms with Crippen LogP contribution in [0.3, 0.4) is 0 Å². The van der Waals surface area contributed by atoms with Crippen LogP contribution in [0.2, 0.25) is 0 Å². The fraction of sp³-hybridized carbons (Fsp3) is 0.529. The van der Waals surface area contributed by atoms with Gasteiger partial charge in [0.05, 0.1) is 23.9 Å². The van der Waals surface area contributed by atoms with Gasteiger partial charge in [0.1, 0.15) is 6.57 Å². The van der Waals surface area contributed by atoms with E-state index in [4.69, 9.17) is 6.57 Å². The van der Waals surface area contributed by atoms with Crippen LogP contribution >= 0.6 is 0 Å². The summed E-state index contributed by atoms with van der Waals surface area (Å²) >= 11 is 0. The lowest BCUT2D eigenvalue weighted by molar-refractivity contribution is -0.121. The van der Waals surface area contributed by atoms with Crippen molar-refractivity contribution in [3.05, 3.63) is 40.3 Å². The molecule has 140 valence electrons. The second-order valence-corrected chi connectivity index (χ2v) is 8.68. The third-order valence-electron chi connectivity index (χ3n) is 4.68. The summed E-state index contributed by atoms with van der Waals surface area (Å²) in [4.78, 5) is 17.8. The van der Waals surface area contributed by atoms with Crippen LogP contribution in [0, 0.1) is 12.5 Å². The second kappa shape index (κ2) is 7.51. The van der Waals surface area contributed by atoms with Crippen molar-refractivity contribution in [2.24, 2.45) is 5.92 Å². The van der Waals surface area contributed by atoms with Gasteiger partial charge in [-0.25, -0.2) is 13.2 Å². The molecule has 3 rings (SSSR count). The fourth-order valence-corrected chi connectivity index (χ4v) is 3.85. The van der Waals surface area contributed by atoms with Crippen molar-refractivity contribution in [3.63, 3.8) is 0 Å². The SMILES string of the molecule is C#[N+]/C(=C\C(=C1\C=CNC1)N1CCN(S(C)(=O)=O)CC1)NC(=O)C1CC1. The van der Waals surface area contributed by atoms with E-state index in [9.17, 15) is 13.2 Å². The molecule has 1 aliphatic carbocycles. The van der Waals surface area contributed by atoms with Crippen molar-refractivity contribution < 1.29 is 13.2 Å². The number of sulfonamides is 1. The molecule has 0 spiro atoms. The highest BCUT2D eigenvalue weighted by Crippen LogP contribution is 2.29. The lowest BCUT2D eigenvalue weighted by Gasteiger charge is -2.35. The monoisotopic (exact) mass is 378 g/mol. The number of rotatable bonds is 5. The number of piperazine rings is 1. The molecule has 0 unspecified atom stereocenters. The van der Waals surface area contributed by atoms with Crippen LogP contribution in [0.25, 0.3) is 4.85 Å². The summed E-state index contributed by atoms with van der Waals surface area (Å²) in [5, 5.41) is 5.91. The van der Waals surface area contributed by atoms with E-state index >= 15 is 0 Å². The highest BCUT2D eigenvalue weighted by Gasteiger charge is 2.34. The summed E-state index contributed by atoms with van der Waals surface area (Å²) in [6, 6.07) is 0. The minimum Gasteiger partial charge on any atom is -0.387 e. The Morgan fingerprint density at radius 1 is 1.35 bits per heavy atom. The van der Waals surface area contributed by atoms with Gasteiger partial charge in [0.15, 0.2) is 0 Å². The number of hydrogen-bond donors (Lipinski definition) is 2. The molecule has 0 aromatic heterocycles. The molecule has 0 atom stereocenters. The van der Waals surface area contributed by atoms with Gasteiger partial charge in [-0.1, -0.05) is 0 Å². The summed E-state index contributed by atoms with van der Waals surface area (Å²) in [5.74, 6) is 0.314. The Morgan fingerprint density at radius 3 is 2.54 bits per heavy atom. The number of hydrogen-bond acceptors (Lipinski definition) is 5. The molecule has 1 amide bonds. The number of carbonyl (C=O) groups excluding carboxylic acids is 1. The summed E-state index contributed by atoms with van der Waals surface area (Å²) in [6.07, 6.45) is 8.62. The Kier molecular flexibility index (Phi) is 5.34. The molecule has 2 fully saturated rings. The molecule has 9 heteroatoms. The molecule has 2 aliphatic heterocycles. The molecule has 8 nitrogen and oxygen atoms in total. The molecule has 2 N–H and O–H groups in total. The van der Waals surface area contributed by atoms with Crippen LogP contribution in [-0.4, -0.2) is 62.5 Å². The van der Waals surface area contributed by atoms with E-state index < -0.39 is 10.0 Å². The number of allylic oxidation sites excluding steroid dienone is 1. The van der Waals surface area contributed by atoms with Crippen molar-refractivity contribution in [1.82, 2.24) is 19.8 Å². The van der Waals surface area contributed by atoms with E-state index in [1.165, 1.54) is 10.6 Å². The average molecular weight is 378 g/mol. The molecule has 1 saturated carbocycles. The third-order valence-corrected chi connectivity index (χ3v) is 5.99. The van der Waals surface area contributed by atoms with E-state index in [0.717, 1.165) is 24.1 Å². The van der Waals surface area contributed by atoms with Gasteiger partial charge >= 0.3 is 11.7 Å². The first-order valence-corrected chi connectivity index (χ1v) is 10.5. The Hall–Kier alpha value is -2.31. The topological polar surface area (TPSA) is 86.1 Å². The Morgan fingerprint density at radius 2 is 2.04 bits per heavy atom. The molecular formula is C17H24N5O3S+. The van der Waals surface area contributed by atoms with Crippen molar-refractivity contribution in [1.29, 1.82) is 0 Å². The van der Waals surface area contributed by atoms with Crippen molar-refractivity contribution in [2.75, 3.05) is 39.0 Å². The highest BCUT2D eigenvalue weighted by atomic mass is 32.2. The normalized spacial score (nSPS) is 23.4. The zero-order valence-electron chi connectivity index (χ0n) is 14.8. The van der Waals surface area contributed by atoms with Crippen LogP contribution in [0.4, 0.5) is 0 Å². The lowest BCUT2D eigenvalue weighted by Crippen LogP contribution is -2.48. The van der Waals surface area contributed by atoms with E-state index in [2.05, 4.69) is 20.4 Å². The van der Waals surface area contributed by atoms with Gasteiger partial charge in [0, 0.05) is 32.7 Å². The molecule has 26 heavy (non-hydrogen) atoms. The van der Waals surface area contributed by atoms with Crippen LogP contribution in [0.5, 0.6) is 0 Å². The molecule has 1 saturated heterocycles. The van der Waals surface area contributed by atoms with Gasteiger partial charge < -0.3 is 10.2 Å². The summed E-state index contributed by atoms with van der Waals surface area (Å²) in [5.41, 5.74) is 1.93. The maximum atomic E-state index is 12.0. The van der Waals surface area contributed by atoms with E-state index in [1.807, 2.05) is 12.3 Å². The van der Waals surface area contributed by atoms with E-state index in [-0.39, 0.29) is 11.8 Å². The molecule has 0 aromatic carbocycles.